The Kier molecular flexibility index (Phi) is 4.76. The van der Waals surface area contributed by atoms with Gasteiger partial charge in [0.25, 0.3) is 0 Å². The number of nitrogens with two attached hydrogens (primary N) is 1. The monoisotopic (exact) mass is 309 g/mol. The molecule has 0 radical (unpaired) electrons. The number of aromatic nitrogens is 1. The van der Waals surface area contributed by atoms with Gasteiger partial charge < -0.3 is 10.2 Å². The van der Waals surface area contributed by atoms with Crippen LogP contribution in [0.15, 0.2) is 39.8 Å². The zero-order chi connectivity index (χ0) is 15.5. The number of sulfonamides is 1. The van der Waals surface area contributed by atoms with Crippen molar-refractivity contribution in [2.45, 2.75) is 31.8 Å². The standard InChI is InChI=1S/C14H19N3O3S/c1-3-17(10-12-6-4-5-7-16-12)21(18,19)14-8-13(9-15)20-11(14)2/h4-8H,3,9-10,15H2,1-2H3. The molecule has 6 nitrogen and oxygen atoms in total. The molecule has 114 valence electrons. The molecule has 21 heavy (non-hydrogen) atoms. The van der Waals surface area contributed by atoms with E-state index in [1.807, 2.05) is 6.07 Å². The summed E-state index contributed by atoms with van der Waals surface area (Å²) in [5.41, 5.74) is 6.19. The van der Waals surface area contributed by atoms with Crippen LogP contribution in [0.1, 0.15) is 24.1 Å². The van der Waals surface area contributed by atoms with Crippen molar-refractivity contribution in [3.63, 3.8) is 0 Å². The molecule has 2 aromatic rings. The summed E-state index contributed by atoms with van der Waals surface area (Å²) >= 11 is 0. The van der Waals surface area contributed by atoms with Crippen LogP contribution in [0.3, 0.4) is 0 Å². The summed E-state index contributed by atoms with van der Waals surface area (Å²) in [5, 5.41) is 0. The van der Waals surface area contributed by atoms with Gasteiger partial charge in [-0.05, 0) is 19.1 Å². The summed E-state index contributed by atoms with van der Waals surface area (Å²) in [6, 6.07) is 6.91. The highest BCUT2D eigenvalue weighted by Gasteiger charge is 2.28. The average Bonchev–Trinajstić information content (AvgIpc) is 2.87. The van der Waals surface area contributed by atoms with Crippen molar-refractivity contribution < 1.29 is 12.8 Å². The maximum atomic E-state index is 12.7. The Balaban J connectivity index is 2.33. The normalized spacial score (nSPS) is 12.0. The first kappa shape index (κ1) is 15.7. The van der Waals surface area contributed by atoms with Crippen LogP contribution in [0.5, 0.6) is 0 Å². The minimum absolute atomic E-state index is 0.167. The molecule has 0 atom stereocenters. The molecule has 2 rings (SSSR count). The summed E-state index contributed by atoms with van der Waals surface area (Å²) in [5.74, 6) is 0.815. The third-order valence-electron chi connectivity index (χ3n) is 3.16. The smallest absolute Gasteiger partial charge is 0.246 e. The fourth-order valence-corrected chi connectivity index (χ4v) is 3.66. The lowest BCUT2D eigenvalue weighted by Crippen LogP contribution is -2.31. The molecule has 0 saturated heterocycles. The molecule has 0 aliphatic rings. The van der Waals surface area contributed by atoms with Crippen LogP contribution in [-0.4, -0.2) is 24.3 Å². The van der Waals surface area contributed by atoms with Crippen LogP contribution in [0.25, 0.3) is 0 Å². The number of nitrogens with zero attached hydrogens (tertiary/aromatic N) is 2. The van der Waals surface area contributed by atoms with E-state index in [2.05, 4.69) is 4.98 Å². The summed E-state index contributed by atoms with van der Waals surface area (Å²) in [6.45, 7) is 4.16. The Bertz CT molecular complexity index is 696. The molecule has 2 heterocycles. The van der Waals surface area contributed by atoms with Gasteiger partial charge in [0.05, 0.1) is 18.8 Å². The quantitative estimate of drug-likeness (QED) is 0.876. The molecular weight excluding hydrogens is 290 g/mol. The van der Waals surface area contributed by atoms with E-state index in [0.717, 1.165) is 0 Å². The van der Waals surface area contributed by atoms with Gasteiger partial charge in [0.1, 0.15) is 16.4 Å². The third-order valence-corrected chi connectivity index (χ3v) is 5.19. The number of hydrogen-bond acceptors (Lipinski definition) is 5. The van der Waals surface area contributed by atoms with Crippen molar-refractivity contribution in [3.05, 3.63) is 47.7 Å². The molecule has 0 bridgehead atoms. The maximum absolute atomic E-state index is 12.7. The molecule has 7 heteroatoms. The number of pyridine rings is 1. The lowest BCUT2D eigenvalue weighted by atomic mass is 10.3. The van der Waals surface area contributed by atoms with Gasteiger partial charge in [-0.1, -0.05) is 13.0 Å². The van der Waals surface area contributed by atoms with Crippen LogP contribution in [-0.2, 0) is 23.1 Å². The van der Waals surface area contributed by atoms with Crippen LogP contribution in [0.4, 0.5) is 0 Å². The van der Waals surface area contributed by atoms with Gasteiger partial charge in [0.15, 0.2) is 0 Å². The molecule has 2 N–H and O–H groups in total. The lowest BCUT2D eigenvalue weighted by molar-refractivity contribution is 0.416. The summed E-state index contributed by atoms with van der Waals surface area (Å²) in [6.07, 6.45) is 1.64. The second kappa shape index (κ2) is 6.38. The molecule has 0 spiro atoms. The summed E-state index contributed by atoms with van der Waals surface area (Å²) < 4.78 is 32.1. The molecule has 0 saturated carbocycles. The highest BCUT2D eigenvalue weighted by molar-refractivity contribution is 7.89. The van der Waals surface area contributed by atoms with Gasteiger partial charge in [-0.25, -0.2) is 8.42 Å². The Morgan fingerprint density at radius 3 is 2.67 bits per heavy atom. The number of rotatable bonds is 6. The Morgan fingerprint density at radius 2 is 2.14 bits per heavy atom. The Hall–Kier alpha value is -1.70. The maximum Gasteiger partial charge on any atom is 0.246 e. The number of furan rings is 1. The van der Waals surface area contributed by atoms with E-state index in [4.69, 9.17) is 10.2 Å². The van der Waals surface area contributed by atoms with Crippen LogP contribution < -0.4 is 5.73 Å². The van der Waals surface area contributed by atoms with E-state index >= 15 is 0 Å². The van der Waals surface area contributed by atoms with Crippen LogP contribution >= 0.6 is 0 Å². The van der Waals surface area contributed by atoms with Gasteiger partial charge in [-0.15, -0.1) is 0 Å². The highest BCUT2D eigenvalue weighted by Crippen LogP contribution is 2.24. The average molecular weight is 309 g/mol. The van der Waals surface area contributed by atoms with E-state index in [1.54, 1.807) is 32.2 Å². The fraction of sp³-hybridized carbons (Fsp3) is 0.357. The molecule has 0 amide bonds. The largest absolute Gasteiger partial charge is 0.464 e. The summed E-state index contributed by atoms with van der Waals surface area (Å²) in [4.78, 5) is 4.34. The fourth-order valence-electron chi connectivity index (χ4n) is 2.06. The Labute approximate surface area is 124 Å². The molecule has 0 unspecified atom stereocenters. The molecule has 0 aliphatic heterocycles. The molecule has 0 fully saturated rings. The lowest BCUT2D eigenvalue weighted by Gasteiger charge is -2.19. The van der Waals surface area contributed by atoms with E-state index in [1.165, 1.54) is 10.4 Å². The summed E-state index contributed by atoms with van der Waals surface area (Å²) in [7, 11) is -3.63. The van der Waals surface area contributed by atoms with Gasteiger partial charge in [-0.3, -0.25) is 4.98 Å². The van der Waals surface area contributed by atoms with Gasteiger partial charge in [0, 0.05) is 18.8 Å². The highest BCUT2D eigenvalue weighted by atomic mass is 32.2. The molecular formula is C14H19N3O3S. The van der Waals surface area contributed by atoms with Crippen molar-refractivity contribution in [2.24, 2.45) is 5.73 Å². The van der Waals surface area contributed by atoms with Gasteiger partial charge in [0.2, 0.25) is 10.0 Å². The molecule has 0 aliphatic carbocycles. The second-order valence-corrected chi connectivity index (χ2v) is 6.50. The van der Waals surface area contributed by atoms with Crippen LogP contribution in [0, 0.1) is 6.92 Å². The minimum Gasteiger partial charge on any atom is -0.464 e. The predicted molar refractivity (Wildman–Crippen MR) is 78.8 cm³/mol. The Morgan fingerprint density at radius 1 is 1.38 bits per heavy atom. The molecule has 0 aromatic carbocycles. The molecule has 2 aromatic heterocycles. The van der Waals surface area contributed by atoms with E-state index in [-0.39, 0.29) is 18.0 Å². The third kappa shape index (κ3) is 3.31. The zero-order valence-electron chi connectivity index (χ0n) is 12.1. The van der Waals surface area contributed by atoms with E-state index in [0.29, 0.717) is 23.8 Å². The number of hydrogen-bond donors (Lipinski definition) is 1. The van der Waals surface area contributed by atoms with Crippen molar-refractivity contribution in [1.29, 1.82) is 0 Å². The number of aryl methyl sites for hydroxylation is 1. The first-order chi connectivity index (χ1) is 9.98. The second-order valence-electron chi connectivity index (χ2n) is 4.59. The minimum atomic E-state index is -3.63. The SMILES string of the molecule is CCN(Cc1ccccn1)S(=O)(=O)c1cc(CN)oc1C. The van der Waals surface area contributed by atoms with Crippen molar-refractivity contribution in [2.75, 3.05) is 6.54 Å². The predicted octanol–water partition coefficient (Wildman–Crippen LogP) is 1.65. The topological polar surface area (TPSA) is 89.4 Å². The van der Waals surface area contributed by atoms with Gasteiger partial charge >= 0.3 is 0 Å². The van der Waals surface area contributed by atoms with Crippen molar-refractivity contribution in [3.8, 4) is 0 Å². The van der Waals surface area contributed by atoms with Gasteiger partial charge in [-0.2, -0.15) is 4.31 Å². The zero-order valence-corrected chi connectivity index (χ0v) is 12.9. The van der Waals surface area contributed by atoms with E-state index in [9.17, 15) is 8.42 Å². The van der Waals surface area contributed by atoms with Crippen molar-refractivity contribution >= 4 is 10.0 Å². The van der Waals surface area contributed by atoms with Crippen LogP contribution in [0.2, 0.25) is 0 Å². The first-order valence-electron chi connectivity index (χ1n) is 6.68. The first-order valence-corrected chi connectivity index (χ1v) is 8.12. The van der Waals surface area contributed by atoms with Crippen molar-refractivity contribution in [1.82, 2.24) is 9.29 Å². The van der Waals surface area contributed by atoms with E-state index < -0.39 is 10.0 Å².